The molecule has 12 heavy (non-hydrogen) atoms. The van der Waals surface area contributed by atoms with Gasteiger partial charge in [-0.1, -0.05) is 12.1 Å². The Kier molecular flexibility index (Phi) is 2.49. The van der Waals surface area contributed by atoms with Gasteiger partial charge in [0.25, 0.3) is 0 Å². The van der Waals surface area contributed by atoms with Crippen LogP contribution in [-0.4, -0.2) is 8.42 Å². The molecule has 0 unspecified atom stereocenters. The van der Waals surface area contributed by atoms with Gasteiger partial charge in [0, 0.05) is 0 Å². The summed E-state index contributed by atoms with van der Waals surface area (Å²) in [5.41, 5.74) is 0.863. The van der Waals surface area contributed by atoms with E-state index < -0.39 is 10.0 Å². The predicted octanol–water partition coefficient (Wildman–Crippen LogP) is 0.711. The van der Waals surface area contributed by atoms with E-state index in [1.165, 1.54) is 12.1 Å². The Morgan fingerprint density at radius 3 is 2.58 bits per heavy atom. The fourth-order valence-corrected chi connectivity index (χ4v) is 1.46. The molecule has 0 atom stereocenters. The van der Waals surface area contributed by atoms with Crippen LogP contribution < -0.4 is 5.14 Å². The van der Waals surface area contributed by atoms with Crippen LogP contribution in [0.15, 0.2) is 29.2 Å². The normalized spacial score (nSPS) is 11.5. The molecule has 4 heteroatoms. The molecule has 65 valence electrons. The van der Waals surface area contributed by atoms with E-state index in [0.717, 1.165) is 5.56 Å². The molecule has 0 fully saturated rings. The summed E-state index contributed by atoms with van der Waals surface area (Å²) < 4.78 is 21.7. The van der Waals surface area contributed by atoms with Gasteiger partial charge in [-0.3, -0.25) is 0 Å². The molecule has 0 amide bonds. The molecule has 0 heterocycles. The first-order chi connectivity index (χ1) is 5.54. The van der Waals surface area contributed by atoms with Crippen LogP contribution in [0.5, 0.6) is 0 Å². The first kappa shape index (κ1) is 9.22. The second-order valence-electron chi connectivity index (χ2n) is 2.44. The summed E-state index contributed by atoms with van der Waals surface area (Å²) in [5, 5.41) is 4.93. The Bertz CT molecular complexity index is 370. The lowest BCUT2D eigenvalue weighted by atomic mass is 10.2. The van der Waals surface area contributed by atoms with Crippen LogP contribution in [0, 0.1) is 6.92 Å². The fraction of sp³-hybridized carbons (Fsp3) is 0.125. The van der Waals surface area contributed by atoms with E-state index in [1.807, 2.05) is 6.07 Å². The highest BCUT2D eigenvalue weighted by molar-refractivity contribution is 7.89. The summed E-state index contributed by atoms with van der Waals surface area (Å²) in [4.78, 5) is 0.142. The molecule has 1 radical (unpaired) electrons. The molecule has 2 N–H and O–H groups in total. The maximum Gasteiger partial charge on any atom is 0.238 e. The number of sulfonamides is 1. The van der Waals surface area contributed by atoms with Crippen molar-refractivity contribution in [1.29, 1.82) is 0 Å². The third kappa shape index (κ3) is 2.06. The quantitative estimate of drug-likeness (QED) is 0.735. The highest BCUT2D eigenvalue weighted by Gasteiger charge is 2.06. The Morgan fingerprint density at radius 1 is 1.42 bits per heavy atom. The molecule has 0 aliphatic carbocycles. The van der Waals surface area contributed by atoms with E-state index in [9.17, 15) is 8.42 Å². The minimum Gasteiger partial charge on any atom is -0.225 e. The Morgan fingerprint density at radius 2 is 2.08 bits per heavy atom. The average molecular weight is 184 g/mol. The second-order valence-corrected chi connectivity index (χ2v) is 4.00. The van der Waals surface area contributed by atoms with Gasteiger partial charge in [-0.25, -0.2) is 13.6 Å². The van der Waals surface area contributed by atoms with E-state index in [0.29, 0.717) is 6.42 Å². The molecule has 3 nitrogen and oxygen atoms in total. The van der Waals surface area contributed by atoms with Crippen molar-refractivity contribution in [2.24, 2.45) is 5.14 Å². The van der Waals surface area contributed by atoms with Crippen molar-refractivity contribution < 1.29 is 8.42 Å². The number of hydrogen-bond donors (Lipinski definition) is 1. The summed E-state index contributed by atoms with van der Waals surface area (Å²) in [5.74, 6) is 0. The van der Waals surface area contributed by atoms with E-state index >= 15 is 0 Å². The van der Waals surface area contributed by atoms with Crippen LogP contribution in [0.3, 0.4) is 0 Å². The van der Waals surface area contributed by atoms with Crippen LogP contribution >= 0.6 is 0 Å². The zero-order valence-corrected chi connectivity index (χ0v) is 7.34. The Balaban J connectivity index is 3.20. The standard InChI is InChI=1S/C8H10NO2S/c1-2-7-4-3-5-8(6-7)12(9,10)11/h3-6H,1-2H2,(H2,9,10,11). The lowest BCUT2D eigenvalue weighted by Gasteiger charge is -1.99. The third-order valence-electron chi connectivity index (χ3n) is 1.52. The molecule has 1 aromatic rings. The number of primary sulfonamides is 1. The monoisotopic (exact) mass is 184 g/mol. The van der Waals surface area contributed by atoms with Gasteiger partial charge in [-0.2, -0.15) is 0 Å². The molecule has 0 aliphatic rings. The summed E-state index contributed by atoms with van der Waals surface area (Å²) >= 11 is 0. The van der Waals surface area contributed by atoms with Gasteiger partial charge >= 0.3 is 0 Å². The van der Waals surface area contributed by atoms with Crippen LogP contribution in [-0.2, 0) is 16.4 Å². The van der Waals surface area contributed by atoms with Gasteiger partial charge in [0.15, 0.2) is 0 Å². The SMILES string of the molecule is [CH2]Cc1cccc(S(N)(=O)=O)c1. The number of rotatable bonds is 2. The van der Waals surface area contributed by atoms with E-state index in [4.69, 9.17) is 5.14 Å². The lowest BCUT2D eigenvalue weighted by Crippen LogP contribution is -2.12. The third-order valence-corrected chi connectivity index (χ3v) is 2.43. The van der Waals surface area contributed by atoms with Gasteiger partial charge in [-0.15, -0.1) is 0 Å². The first-order valence-corrected chi connectivity index (χ1v) is 4.99. The first-order valence-electron chi connectivity index (χ1n) is 3.45. The Labute approximate surface area is 72.3 Å². The Hall–Kier alpha value is -0.870. The highest BCUT2D eigenvalue weighted by Crippen LogP contribution is 2.09. The summed E-state index contributed by atoms with van der Waals surface area (Å²) in [6, 6.07) is 6.46. The van der Waals surface area contributed by atoms with Crippen LogP contribution in [0.2, 0.25) is 0 Å². The van der Waals surface area contributed by atoms with Crippen molar-refractivity contribution in [3.8, 4) is 0 Å². The molecule has 0 spiro atoms. The van der Waals surface area contributed by atoms with Gasteiger partial charge in [0.2, 0.25) is 10.0 Å². The van der Waals surface area contributed by atoms with Crippen LogP contribution in [0.25, 0.3) is 0 Å². The summed E-state index contributed by atoms with van der Waals surface area (Å²) in [7, 11) is -3.56. The number of nitrogens with two attached hydrogens (primary N) is 1. The minimum atomic E-state index is -3.56. The molecule has 1 aromatic carbocycles. The highest BCUT2D eigenvalue weighted by atomic mass is 32.2. The van der Waals surface area contributed by atoms with Gasteiger partial charge in [0.05, 0.1) is 4.90 Å². The van der Waals surface area contributed by atoms with Crippen molar-refractivity contribution in [3.63, 3.8) is 0 Å². The second kappa shape index (κ2) is 3.25. The molecular formula is C8H10NO2S. The maximum absolute atomic E-state index is 10.9. The van der Waals surface area contributed by atoms with Crippen LogP contribution in [0.1, 0.15) is 5.56 Å². The molecular weight excluding hydrogens is 174 g/mol. The van der Waals surface area contributed by atoms with Crippen molar-refractivity contribution in [3.05, 3.63) is 36.8 Å². The zero-order valence-electron chi connectivity index (χ0n) is 6.53. The fourth-order valence-electron chi connectivity index (χ4n) is 0.878. The predicted molar refractivity (Wildman–Crippen MR) is 46.9 cm³/mol. The molecule has 0 saturated heterocycles. The summed E-state index contributed by atoms with van der Waals surface area (Å²) in [6.07, 6.45) is 0.559. The largest absolute Gasteiger partial charge is 0.238 e. The van der Waals surface area contributed by atoms with Gasteiger partial charge in [-0.05, 0) is 31.0 Å². The summed E-state index contributed by atoms with van der Waals surface area (Å²) in [6.45, 7) is 3.64. The molecule has 0 saturated carbocycles. The number of hydrogen-bond acceptors (Lipinski definition) is 2. The molecule has 1 rings (SSSR count). The van der Waals surface area contributed by atoms with Crippen LogP contribution in [0.4, 0.5) is 0 Å². The molecule has 0 aromatic heterocycles. The maximum atomic E-state index is 10.9. The van der Waals surface area contributed by atoms with Crippen molar-refractivity contribution in [2.75, 3.05) is 0 Å². The number of benzene rings is 1. The lowest BCUT2D eigenvalue weighted by molar-refractivity contribution is 0.597. The van der Waals surface area contributed by atoms with Gasteiger partial charge < -0.3 is 0 Å². The van der Waals surface area contributed by atoms with Crippen molar-refractivity contribution in [1.82, 2.24) is 0 Å². The zero-order chi connectivity index (χ0) is 9.19. The topological polar surface area (TPSA) is 60.2 Å². The van der Waals surface area contributed by atoms with E-state index in [2.05, 4.69) is 6.92 Å². The van der Waals surface area contributed by atoms with Crippen molar-refractivity contribution >= 4 is 10.0 Å². The van der Waals surface area contributed by atoms with Crippen molar-refractivity contribution in [2.45, 2.75) is 11.3 Å². The molecule has 0 bridgehead atoms. The molecule has 0 aliphatic heterocycles. The van der Waals surface area contributed by atoms with E-state index in [1.54, 1.807) is 6.07 Å². The van der Waals surface area contributed by atoms with E-state index in [-0.39, 0.29) is 4.90 Å². The smallest absolute Gasteiger partial charge is 0.225 e. The average Bonchev–Trinajstić information content (AvgIpc) is 2.03. The van der Waals surface area contributed by atoms with Gasteiger partial charge in [0.1, 0.15) is 0 Å². The minimum absolute atomic E-state index is 0.142.